The number of aliphatic hydroxyl groups excluding tert-OH is 2. The number of epoxide rings is 1. The van der Waals surface area contributed by atoms with Crippen molar-refractivity contribution in [3.8, 4) is 0 Å². The Morgan fingerprint density at radius 3 is 1.83 bits per heavy atom. The molecule has 3 unspecified atom stereocenters. The van der Waals surface area contributed by atoms with Crippen LogP contribution < -0.4 is 0 Å². The fourth-order valence-corrected chi connectivity index (χ4v) is 3.92. The molecule has 0 amide bonds. The van der Waals surface area contributed by atoms with Gasteiger partial charge in [0.05, 0.1) is 13.2 Å². The molecule has 0 aromatic heterocycles. The van der Waals surface area contributed by atoms with Gasteiger partial charge < -0.3 is 14.9 Å². The van der Waals surface area contributed by atoms with Crippen molar-refractivity contribution >= 4 is 28.3 Å². The van der Waals surface area contributed by atoms with Crippen LogP contribution in [0.2, 0.25) is 0 Å². The molecule has 1 aliphatic rings. The average Bonchev–Trinajstić information content (AvgIpc) is 3.71. The summed E-state index contributed by atoms with van der Waals surface area (Å²) < 4.78 is 11.8. The molecule has 5 rings (SSSR count). The van der Waals surface area contributed by atoms with E-state index in [0.717, 1.165) is 27.8 Å². The van der Waals surface area contributed by atoms with Gasteiger partial charge in [-0.15, -0.1) is 0 Å². The van der Waals surface area contributed by atoms with Gasteiger partial charge >= 0.3 is 0 Å². The van der Waals surface area contributed by atoms with E-state index in [0.29, 0.717) is 0 Å². The summed E-state index contributed by atoms with van der Waals surface area (Å²) in [6, 6.07) is 39.9. The molecule has 1 heterocycles. The summed E-state index contributed by atoms with van der Waals surface area (Å²) in [5.74, 6) is 0. The van der Waals surface area contributed by atoms with Gasteiger partial charge in [0.25, 0.3) is 0 Å². The summed E-state index contributed by atoms with van der Waals surface area (Å²) in [6.45, 7) is 0.0650. The van der Waals surface area contributed by atoms with Crippen LogP contribution in [0.5, 0.6) is 0 Å². The topological polar surface area (TPSA) is 53.0 Å². The van der Waals surface area contributed by atoms with E-state index >= 15 is 0 Å². The Morgan fingerprint density at radius 2 is 1.31 bits per heavy atom. The van der Waals surface area contributed by atoms with Crippen LogP contribution in [0, 0.1) is 0 Å². The highest BCUT2D eigenvalue weighted by Crippen LogP contribution is 2.56. The van der Waals surface area contributed by atoms with Crippen LogP contribution in [0.3, 0.4) is 0 Å². The molecular formula is C30H31BO3P. The molecule has 5 heteroatoms. The van der Waals surface area contributed by atoms with Crippen LogP contribution in [0.15, 0.2) is 121 Å². The lowest BCUT2D eigenvalue weighted by Gasteiger charge is -2.09. The molecular weight excluding hydrogens is 450 g/mol. The number of hydrogen-bond donors (Lipinski definition) is 2. The van der Waals surface area contributed by atoms with E-state index < -0.39 is 5.60 Å². The maximum Gasteiger partial charge on any atom is 0.147 e. The molecule has 1 fully saturated rings. The number of ether oxygens (including phenoxy) is 1. The zero-order valence-corrected chi connectivity index (χ0v) is 20.7. The summed E-state index contributed by atoms with van der Waals surface area (Å²) in [4.78, 5) is 0. The van der Waals surface area contributed by atoms with Crippen LogP contribution in [0.25, 0.3) is 11.6 Å². The van der Waals surface area contributed by atoms with E-state index in [1.807, 2.05) is 127 Å². The first-order valence-corrected chi connectivity index (χ1v) is 12.1. The number of aliphatic hydroxyl groups is 2. The third kappa shape index (κ3) is 7.00. The van der Waals surface area contributed by atoms with Crippen molar-refractivity contribution in [1.29, 1.82) is 1.34 Å². The first kappa shape index (κ1) is 25.1. The van der Waals surface area contributed by atoms with Crippen LogP contribution in [0.1, 0.15) is 28.4 Å². The van der Waals surface area contributed by atoms with Gasteiger partial charge in [-0.2, -0.15) is 9.12 Å². The molecule has 2 N–H and O–H groups in total. The lowest BCUT2D eigenvalue weighted by Crippen LogP contribution is -2.15. The summed E-state index contributed by atoms with van der Waals surface area (Å²) in [6.07, 6.45) is 1.98. The monoisotopic (exact) mass is 483 g/mol. The number of hydrogen-bond acceptors (Lipinski definition) is 3. The molecule has 4 aromatic carbocycles. The summed E-state index contributed by atoms with van der Waals surface area (Å²) in [5.41, 5.74) is 4.72. The number of benzene rings is 4. The van der Waals surface area contributed by atoms with E-state index in [-0.39, 0.29) is 19.3 Å². The lowest BCUT2D eigenvalue weighted by atomic mass is 9.92. The highest BCUT2D eigenvalue weighted by molar-refractivity contribution is 7.49. The third-order valence-electron chi connectivity index (χ3n) is 5.75. The largest absolute Gasteiger partial charge is 0.393 e. The van der Waals surface area contributed by atoms with Crippen LogP contribution in [-0.2, 0) is 10.3 Å². The minimum absolute atomic E-state index is 0.0105. The fourth-order valence-electron chi connectivity index (χ4n) is 3.92. The summed E-state index contributed by atoms with van der Waals surface area (Å²) in [7, 11) is 3.29. The Hall–Kier alpha value is -3.01. The van der Waals surface area contributed by atoms with Crippen molar-refractivity contribution in [2.24, 2.45) is 0 Å². The van der Waals surface area contributed by atoms with Crippen LogP contribution >= 0.6 is 9.12 Å². The molecule has 35 heavy (non-hydrogen) atoms. The zero-order valence-electron chi connectivity index (χ0n) is 20.6. The van der Waals surface area contributed by atoms with Crippen molar-refractivity contribution in [2.45, 2.75) is 11.7 Å². The molecule has 177 valence electrons. The van der Waals surface area contributed by atoms with Gasteiger partial charge in [-0.1, -0.05) is 121 Å². The maximum absolute atomic E-state index is 9.62. The lowest BCUT2D eigenvalue weighted by molar-refractivity contribution is 0.172. The molecule has 3 nitrogen and oxygen atoms in total. The standard InChI is InChI=1S/C15H14O2.C15H14O.BH3P/c16-11-15(13-9-5-2-6-10-13)14(17-15)12-7-3-1-4-8-12;16-12-15(14-9-5-2-6-10-14)11-13-7-3-1-4-8-13;1-2/h1-10,14,16H,11H2;1-11,16H,12H2;1H,2H2/b;15-11-;/i;;1T. The van der Waals surface area contributed by atoms with E-state index in [2.05, 4.69) is 9.12 Å². The molecule has 0 bridgehead atoms. The van der Waals surface area contributed by atoms with Gasteiger partial charge in [0.2, 0.25) is 0 Å². The van der Waals surface area contributed by atoms with Crippen molar-refractivity contribution in [3.05, 3.63) is 144 Å². The Bertz CT molecular complexity index is 1180. The van der Waals surface area contributed by atoms with Gasteiger partial charge in [-0.05, 0) is 35.2 Å². The smallest absolute Gasteiger partial charge is 0.147 e. The minimum Gasteiger partial charge on any atom is -0.393 e. The summed E-state index contributed by atoms with van der Waals surface area (Å²) >= 11 is 0. The van der Waals surface area contributed by atoms with Gasteiger partial charge in [0.1, 0.15) is 19.2 Å². The molecule has 0 spiro atoms. The molecule has 1 radical (unpaired) electrons. The van der Waals surface area contributed by atoms with E-state index in [9.17, 15) is 10.2 Å². The first-order chi connectivity index (χ1) is 17.7. The van der Waals surface area contributed by atoms with Crippen LogP contribution in [0.4, 0.5) is 0 Å². The third-order valence-corrected chi connectivity index (χ3v) is 5.75. The minimum atomic E-state index is -0.539. The number of rotatable bonds is 6. The highest BCUT2D eigenvalue weighted by Gasteiger charge is 2.58. The summed E-state index contributed by atoms with van der Waals surface area (Å²) in [5, 5.41) is 19.0. The van der Waals surface area contributed by atoms with E-state index in [4.69, 9.17) is 6.07 Å². The normalized spacial score (nSPS) is 18.7. The van der Waals surface area contributed by atoms with Gasteiger partial charge in [-0.3, -0.25) is 0 Å². The quantitative estimate of drug-likeness (QED) is 0.164. The SMILES string of the molecule is OC/C(=C/c1ccccc1)c1ccccc1.OCC1(c2ccccc2)OC1c1ccccc1.[3H][B]P. The van der Waals surface area contributed by atoms with Gasteiger partial charge in [0.15, 0.2) is 0 Å². The van der Waals surface area contributed by atoms with E-state index in [1.165, 1.54) is 7.53 Å². The molecule has 3 atom stereocenters. The highest BCUT2D eigenvalue weighted by atomic mass is 31.0. The van der Waals surface area contributed by atoms with Crippen molar-refractivity contribution in [3.63, 3.8) is 0 Å². The molecule has 1 aliphatic heterocycles. The van der Waals surface area contributed by atoms with Crippen molar-refractivity contribution < 1.29 is 14.9 Å². The first-order valence-electron chi connectivity index (χ1n) is 12.0. The Kier molecular flexibility index (Phi) is 9.88. The Labute approximate surface area is 213 Å². The average molecular weight is 483 g/mol. The predicted molar refractivity (Wildman–Crippen MR) is 150 cm³/mol. The second-order valence-electron chi connectivity index (χ2n) is 7.93. The molecule has 4 aromatic rings. The molecule has 0 aliphatic carbocycles. The van der Waals surface area contributed by atoms with Crippen LogP contribution in [-0.4, -0.2) is 32.3 Å². The molecule has 1 saturated heterocycles. The van der Waals surface area contributed by atoms with Gasteiger partial charge in [-0.25, -0.2) is 0 Å². The second kappa shape index (κ2) is 13.8. The second-order valence-corrected chi connectivity index (χ2v) is 7.93. The Morgan fingerprint density at radius 1 is 0.829 bits per heavy atom. The Balaban J connectivity index is 0.000000182. The fraction of sp³-hybridized carbons (Fsp3) is 0.133. The zero-order chi connectivity index (χ0) is 25.6. The maximum atomic E-state index is 9.62. The van der Waals surface area contributed by atoms with E-state index in [1.54, 1.807) is 0 Å². The van der Waals surface area contributed by atoms with Crippen molar-refractivity contribution in [1.82, 2.24) is 0 Å². The van der Waals surface area contributed by atoms with Gasteiger partial charge in [0, 0.05) is 0 Å². The predicted octanol–water partition coefficient (Wildman–Crippen LogP) is 5.54. The van der Waals surface area contributed by atoms with Crippen molar-refractivity contribution in [2.75, 3.05) is 13.2 Å². The molecule has 0 saturated carbocycles.